The Morgan fingerprint density at radius 1 is 1.33 bits per heavy atom. The first-order valence-corrected chi connectivity index (χ1v) is 9.11. The number of rotatable bonds is 6. The molecule has 0 aliphatic carbocycles. The lowest BCUT2D eigenvalue weighted by Gasteiger charge is -2.14. The van der Waals surface area contributed by atoms with Crippen molar-refractivity contribution >= 4 is 37.2 Å². The lowest BCUT2D eigenvalue weighted by atomic mass is 10.0. The van der Waals surface area contributed by atoms with E-state index in [0.717, 1.165) is 25.0 Å². The molecule has 0 heterocycles. The van der Waals surface area contributed by atoms with E-state index in [4.69, 9.17) is 22.3 Å². The van der Waals surface area contributed by atoms with Gasteiger partial charge >= 0.3 is 0 Å². The zero-order chi connectivity index (χ0) is 16.2. The van der Waals surface area contributed by atoms with Crippen molar-refractivity contribution in [2.24, 2.45) is 5.92 Å². The molecule has 0 bridgehead atoms. The van der Waals surface area contributed by atoms with Crippen molar-refractivity contribution < 1.29 is 17.6 Å². The number of carbonyl (C=O) groups is 1. The first kappa shape index (κ1) is 18.2. The van der Waals surface area contributed by atoms with Gasteiger partial charge in [-0.2, -0.15) is 0 Å². The Labute approximate surface area is 133 Å². The van der Waals surface area contributed by atoms with Crippen LogP contribution in [0.2, 0.25) is 5.02 Å². The molecule has 21 heavy (non-hydrogen) atoms. The minimum absolute atomic E-state index is 0.122. The average molecular weight is 356 g/mol. The summed E-state index contributed by atoms with van der Waals surface area (Å²) in [5.41, 5.74) is -0.122. The van der Waals surface area contributed by atoms with E-state index in [1.807, 2.05) is 13.8 Å². The largest absolute Gasteiger partial charge is 0.352 e. The zero-order valence-electron chi connectivity index (χ0n) is 11.6. The highest BCUT2D eigenvalue weighted by atomic mass is 35.7. The topological polar surface area (TPSA) is 63.2 Å². The van der Waals surface area contributed by atoms with Crippen LogP contribution in [0.5, 0.6) is 0 Å². The highest BCUT2D eigenvalue weighted by Gasteiger charge is 2.22. The Morgan fingerprint density at radius 3 is 2.38 bits per heavy atom. The van der Waals surface area contributed by atoms with Crippen LogP contribution >= 0.6 is 22.3 Å². The second kappa shape index (κ2) is 7.42. The molecule has 0 saturated carbocycles. The van der Waals surface area contributed by atoms with Crippen LogP contribution in [0.25, 0.3) is 0 Å². The fourth-order valence-corrected chi connectivity index (χ4v) is 2.94. The third kappa shape index (κ3) is 4.83. The number of halogens is 3. The summed E-state index contributed by atoms with van der Waals surface area (Å²) in [4.78, 5) is 11.3. The Hall–Kier alpha value is -0.850. The van der Waals surface area contributed by atoms with E-state index >= 15 is 0 Å². The Bertz CT molecular complexity index is 631. The standard InChI is InChI=1S/C13H16Cl2FNO3S/c1-3-8(4-2)7-17-13(18)9-5-12(21(15,19)20)11(16)6-10(9)14/h5-6,8H,3-4,7H2,1-2H3,(H,17,18). The molecule has 118 valence electrons. The lowest BCUT2D eigenvalue weighted by molar-refractivity contribution is 0.0946. The summed E-state index contributed by atoms with van der Waals surface area (Å²) in [5.74, 6) is -1.34. The van der Waals surface area contributed by atoms with Gasteiger partial charge in [-0.1, -0.05) is 38.3 Å². The smallest absolute Gasteiger partial charge is 0.264 e. The molecular formula is C13H16Cl2FNO3S. The highest BCUT2D eigenvalue weighted by molar-refractivity contribution is 8.13. The molecular weight excluding hydrogens is 340 g/mol. The number of hydrogen-bond acceptors (Lipinski definition) is 3. The second-order valence-corrected chi connectivity index (χ2v) is 7.53. The molecule has 0 aliphatic rings. The van der Waals surface area contributed by atoms with E-state index in [0.29, 0.717) is 12.5 Å². The van der Waals surface area contributed by atoms with Crippen molar-refractivity contribution in [3.05, 3.63) is 28.5 Å². The van der Waals surface area contributed by atoms with Crippen LogP contribution < -0.4 is 5.32 Å². The molecule has 1 amide bonds. The predicted octanol–water partition coefficient (Wildman–Crippen LogP) is 3.57. The second-order valence-electron chi connectivity index (χ2n) is 4.59. The van der Waals surface area contributed by atoms with Crippen LogP contribution in [-0.4, -0.2) is 20.9 Å². The van der Waals surface area contributed by atoms with Gasteiger partial charge in [0.05, 0.1) is 10.6 Å². The molecule has 1 aromatic carbocycles. The van der Waals surface area contributed by atoms with Crippen LogP contribution in [-0.2, 0) is 9.05 Å². The molecule has 4 nitrogen and oxygen atoms in total. The summed E-state index contributed by atoms with van der Waals surface area (Å²) < 4.78 is 36.0. The van der Waals surface area contributed by atoms with Crippen LogP contribution in [0.4, 0.5) is 4.39 Å². The maximum absolute atomic E-state index is 13.5. The SMILES string of the molecule is CCC(CC)CNC(=O)c1cc(S(=O)(=O)Cl)c(F)cc1Cl. The van der Waals surface area contributed by atoms with Crippen molar-refractivity contribution in [2.75, 3.05) is 6.54 Å². The fourth-order valence-electron chi connectivity index (χ4n) is 1.80. The molecule has 1 aromatic rings. The van der Waals surface area contributed by atoms with Crippen molar-refractivity contribution in [1.29, 1.82) is 0 Å². The number of nitrogens with one attached hydrogen (secondary N) is 1. The summed E-state index contributed by atoms with van der Waals surface area (Å²) in [6, 6.07) is 1.62. The summed E-state index contributed by atoms with van der Waals surface area (Å²) >= 11 is 5.79. The van der Waals surface area contributed by atoms with Gasteiger partial charge < -0.3 is 5.32 Å². The summed E-state index contributed by atoms with van der Waals surface area (Å²) in [6.07, 6.45) is 1.80. The van der Waals surface area contributed by atoms with Crippen molar-refractivity contribution in [3.8, 4) is 0 Å². The molecule has 0 saturated heterocycles. The van der Waals surface area contributed by atoms with Gasteiger partial charge in [0.15, 0.2) is 0 Å². The summed E-state index contributed by atoms with van der Waals surface area (Å²) in [6.45, 7) is 4.44. The molecule has 0 fully saturated rings. The first-order valence-electron chi connectivity index (χ1n) is 6.42. The van der Waals surface area contributed by atoms with Gasteiger partial charge in [0.2, 0.25) is 0 Å². The van der Waals surface area contributed by atoms with E-state index < -0.39 is 25.7 Å². The van der Waals surface area contributed by atoms with Gasteiger partial charge in [0.1, 0.15) is 10.7 Å². The molecule has 0 aromatic heterocycles. The van der Waals surface area contributed by atoms with Crippen LogP contribution in [0.15, 0.2) is 17.0 Å². The van der Waals surface area contributed by atoms with Crippen molar-refractivity contribution in [2.45, 2.75) is 31.6 Å². The van der Waals surface area contributed by atoms with E-state index in [9.17, 15) is 17.6 Å². The third-order valence-electron chi connectivity index (χ3n) is 3.23. The van der Waals surface area contributed by atoms with E-state index in [-0.39, 0.29) is 10.6 Å². The quantitative estimate of drug-likeness (QED) is 0.793. The molecule has 1 rings (SSSR count). The zero-order valence-corrected chi connectivity index (χ0v) is 13.9. The Balaban J connectivity index is 3.05. The first-order chi connectivity index (χ1) is 9.70. The molecule has 1 N–H and O–H groups in total. The maximum atomic E-state index is 13.5. The molecule has 0 radical (unpaired) electrons. The lowest BCUT2D eigenvalue weighted by Crippen LogP contribution is -2.29. The van der Waals surface area contributed by atoms with Crippen molar-refractivity contribution in [3.63, 3.8) is 0 Å². The fraction of sp³-hybridized carbons (Fsp3) is 0.462. The van der Waals surface area contributed by atoms with Gasteiger partial charge in [-0.05, 0) is 18.1 Å². The minimum Gasteiger partial charge on any atom is -0.352 e. The van der Waals surface area contributed by atoms with Crippen LogP contribution in [0.3, 0.4) is 0 Å². The number of amides is 1. The van der Waals surface area contributed by atoms with Crippen LogP contribution in [0, 0.1) is 11.7 Å². The van der Waals surface area contributed by atoms with Gasteiger partial charge in [-0.3, -0.25) is 4.79 Å². The molecule has 0 atom stereocenters. The van der Waals surface area contributed by atoms with Crippen molar-refractivity contribution in [1.82, 2.24) is 5.32 Å². The van der Waals surface area contributed by atoms with Crippen LogP contribution in [0.1, 0.15) is 37.0 Å². The molecule has 0 aliphatic heterocycles. The molecule has 8 heteroatoms. The Morgan fingerprint density at radius 2 is 1.90 bits per heavy atom. The van der Waals surface area contributed by atoms with Gasteiger partial charge in [0, 0.05) is 17.2 Å². The van der Waals surface area contributed by atoms with E-state index in [1.54, 1.807) is 0 Å². The maximum Gasteiger partial charge on any atom is 0.264 e. The van der Waals surface area contributed by atoms with E-state index in [2.05, 4.69) is 5.32 Å². The van der Waals surface area contributed by atoms with Gasteiger partial charge in [0.25, 0.3) is 15.0 Å². The minimum atomic E-state index is -4.29. The Kier molecular flexibility index (Phi) is 6.43. The number of hydrogen-bond donors (Lipinski definition) is 1. The summed E-state index contributed by atoms with van der Waals surface area (Å²) in [7, 11) is 0.834. The monoisotopic (exact) mass is 355 g/mol. The number of benzene rings is 1. The predicted molar refractivity (Wildman–Crippen MR) is 80.9 cm³/mol. The third-order valence-corrected chi connectivity index (χ3v) is 4.88. The summed E-state index contributed by atoms with van der Waals surface area (Å²) in [5, 5.41) is 2.49. The molecule has 0 spiro atoms. The van der Waals surface area contributed by atoms with Gasteiger partial charge in [-0.25, -0.2) is 12.8 Å². The van der Waals surface area contributed by atoms with Gasteiger partial charge in [-0.15, -0.1) is 0 Å². The highest BCUT2D eigenvalue weighted by Crippen LogP contribution is 2.26. The normalized spacial score (nSPS) is 11.7. The van der Waals surface area contributed by atoms with E-state index in [1.165, 1.54) is 0 Å². The average Bonchev–Trinajstić information content (AvgIpc) is 2.38. The molecule has 0 unspecified atom stereocenters. The number of carbonyl (C=O) groups excluding carboxylic acids is 1.